The Bertz CT molecular complexity index is 525. The molecular formula is C12H11N3S. The summed E-state index contributed by atoms with van der Waals surface area (Å²) in [5, 5.41) is 11.9. The molecule has 16 heavy (non-hydrogen) atoms. The molecule has 0 saturated heterocycles. The van der Waals surface area contributed by atoms with Gasteiger partial charge in [-0.25, -0.2) is 4.98 Å². The van der Waals surface area contributed by atoms with E-state index < -0.39 is 0 Å². The van der Waals surface area contributed by atoms with Crippen LogP contribution in [0.2, 0.25) is 0 Å². The normalized spacial score (nSPS) is 9.75. The molecule has 0 unspecified atom stereocenters. The number of aryl methyl sites for hydroxylation is 1. The molecule has 2 rings (SSSR count). The Balaban J connectivity index is 2.02. The van der Waals surface area contributed by atoms with Crippen LogP contribution in [0.3, 0.4) is 0 Å². The summed E-state index contributed by atoms with van der Waals surface area (Å²) >= 11 is 1.76. The third kappa shape index (κ3) is 2.59. The molecule has 0 saturated carbocycles. The highest BCUT2D eigenvalue weighted by molar-refractivity contribution is 7.11. The second-order valence-corrected chi connectivity index (χ2v) is 4.76. The predicted molar refractivity (Wildman–Crippen MR) is 65.3 cm³/mol. The first-order chi connectivity index (χ1) is 7.78. The van der Waals surface area contributed by atoms with Gasteiger partial charge < -0.3 is 5.32 Å². The largest absolute Gasteiger partial charge is 0.365 e. The average molecular weight is 229 g/mol. The van der Waals surface area contributed by atoms with Gasteiger partial charge in [-0.15, -0.1) is 11.3 Å². The van der Waals surface area contributed by atoms with Gasteiger partial charge in [0.05, 0.1) is 6.54 Å². The SMILES string of the molecule is Cc1ccc(CNc2cccc(C#N)n2)s1. The maximum Gasteiger partial charge on any atom is 0.142 e. The minimum atomic E-state index is 0.437. The van der Waals surface area contributed by atoms with Crippen molar-refractivity contribution < 1.29 is 0 Å². The zero-order valence-electron chi connectivity index (χ0n) is 8.90. The Labute approximate surface area is 98.4 Å². The molecule has 0 atom stereocenters. The van der Waals surface area contributed by atoms with E-state index in [1.807, 2.05) is 18.2 Å². The number of thiophene rings is 1. The van der Waals surface area contributed by atoms with Crippen LogP contribution in [0.1, 0.15) is 15.4 Å². The van der Waals surface area contributed by atoms with Crippen LogP contribution in [0, 0.1) is 18.3 Å². The van der Waals surface area contributed by atoms with Crippen molar-refractivity contribution in [1.82, 2.24) is 4.98 Å². The van der Waals surface area contributed by atoms with E-state index in [-0.39, 0.29) is 0 Å². The van der Waals surface area contributed by atoms with Crippen molar-refractivity contribution in [1.29, 1.82) is 5.26 Å². The van der Waals surface area contributed by atoms with Gasteiger partial charge in [-0.2, -0.15) is 5.26 Å². The Kier molecular flexibility index (Phi) is 3.18. The van der Waals surface area contributed by atoms with Crippen LogP contribution in [0.25, 0.3) is 0 Å². The summed E-state index contributed by atoms with van der Waals surface area (Å²) in [6, 6.07) is 11.6. The summed E-state index contributed by atoms with van der Waals surface area (Å²) in [5.41, 5.74) is 0.437. The lowest BCUT2D eigenvalue weighted by Gasteiger charge is -2.03. The molecule has 0 aliphatic carbocycles. The Morgan fingerprint density at radius 2 is 2.25 bits per heavy atom. The molecule has 4 heteroatoms. The molecule has 2 heterocycles. The van der Waals surface area contributed by atoms with Crippen molar-refractivity contribution >= 4 is 17.2 Å². The molecule has 0 bridgehead atoms. The lowest BCUT2D eigenvalue weighted by Crippen LogP contribution is -2.00. The summed E-state index contributed by atoms with van der Waals surface area (Å²) < 4.78 is 0. The van der Waals surface area contributed by atoms with Gasteiger partial charge in [-0.3, -0.25) is 0 Å². The summed E-state index contributed by atoms with van der Waals surface area (Å²) in [6.07, 6.45) is 0. The molecule has 0 fully saturated rings. The quantitative estimate of drug-likeness (QED) is 0.880. The molecule has 1 N–H and O–H groups in total. The van der Waals surface area contributed by atoms with Gasteiger partial charge in [0.15, 0.2) is 0 Å². The lowest BCUT2D eigenvalue weighted by molar-refractivity contribution is 1.13. The fourth-order valence-corrected chi connectivity index (χ4v) is 2.18. The van der Waals surface area contributed by atoms with Crippen molar-refractivity contribution in [2.75, 3.05) is 5.32 Å². The van der Waals surface area contributed by atoms with Gasteiger partial charge >= 0.3 is 0 Å². The number of nitriles is 1. The number of nitrogens with zero attached hydrogens (tertiary/aromatic N) is 2. The standard InChI is InChI=1S/C12H11N3S/c1-9-5-6-11(16-9)8-14-12-4-2-3-10(7-13)15-12/h2-6H,8H2,1H3,(H,14,15). The van der Waals surface area contributed by atoms with Crippen molar-refractivity contribution in [3.8, 4) is 6.07 Å². The van der Waals surface area contributed by atoms with Gasteiger partial charge in [0.1, 0.15) is 17.6 Å². The molecule has 3 nitrogen and oxygen atoms in total. The molecule has 0 radical (unpaired) electrons. The van der Waals surface area contributed by atoms with E-state index >= 15 is 0 Å². The molecule has 2 aromatic rings. The van der Waals surface area contributed by atoms with E-state index in [1.165, 1.54) is 9.75 Å². The van der Waals surface area contributed by atoms with E-state index in [0.29, 0.717) is 5.69 Å². The third-order valence-corrected chi connectivity index (χ3v) is 3.10. The number of aromatic nitrogens is 1. The van der Waals surface area contributed by atoms with Crippen molar-refractivity contribution in [3.05, 3.63) is 45.8 Å². The van der Waals surface area contributed by atoms with Crippen LogP contribution < -0.4 is 5.32 Å². The Morgan fingerprint density at radius 1 is 1.38 bits per heavy atom. The van der Waals surface area contributed by atoms with E-state index in [9.17, 15) is 0 Å². The number of hydrogen-bond acceptors (Lipinski definition) is 4. The van der Waals surface area contributed by atoms with Crippen molar-refractivity contribution in [3.63, 3.8) is 0 Å². The van der Waals surface area contributed by atoms with Crippen LogP contribution in [-0.2, 0) is 6.54 Å². The second-order valence-electron chi connectivity index (χ2n) is 3.39. The highest BCUT2D eigenvalue weighted by atomic mass is 32.1. The zero-order valence-corrected chi connectivity index (χ0v) is 9.71. The monoisotopic (exact) mass is 229 g/mol. The number of hydrogen-bond donors (Lipinski definition) is 1. The van der Waals surface area contributed by atoms with E-state index in [0.717, 1.165) is 12.4 Å². The zero-order chi connectivity index (χ0) is 11.4. The van der Waals surface area contributed by atoms with Crippen molar-refractivity contribution in [2.24, 2.45) is 0 Å². The van der Waals surface area contributed by atoms with Crippen LogP contribution in [0.4, 0.5) is 5.82 Å². The minimum absolute atomic E-state index is 0.437. The number of pyridine rings is 1. The van der Waals surface area contributed by atoms with E-state index in [4.69, 9.17) is 5.26 Å². The second kappa shape index (κ2) is 4.77. The first kappa shape index (κ1) is 10.7. The van der Waals surface area contributed by atoms with E-state index in [2.05, 4.69) is 29.4 Å². The topological polar surface area (TPSA) is 48.7 Å². The molecule has 0 aliphatic heterocycles. The Morgan fingerprint density at radius 3 is 2.94 bits per heavy atom. The summed E-state index contributed by atoms with van der Waals surface area (Å²) in [4.78, 5) is 6.71. The fraction of sp³-hybridized carbons (Fsp3) is 0.167. The van der Waals surface area contributed by atoms with Gasteiger partial charge in [0.2, 0.25) is 0 Å². The van der Waals surface area contributed by atoms with Gasteiger partial charge in [-0.1, -0.05) is 6.07 Å². The van der Waals surface area contributed by atoms with Gasteiger partial charge in [0.25, 0.3) is 0 Å². The Hall–Kier alpha value is -1.86. The number of anilines is 1. The summed E-state index contributed by atoms with van der Waals surface area (Å²) in [7, 11) is 0. The molecular weight excluding hydrogens is 218 g/mol. The molecule has 80 valence electrons. The predicted octanol–water partition coefficient (Wildman–Crippen LogP) is 2.94. The average Bonchev–Trinajstić information content (AvgIpc) is 2.73. The first-order valence-electron chi connectivity index (χ1n) is 4.94. The first-order valence-corrected chi connectivity index (χ1v) is 5.76. The highest BCUT2D eigenvalue weighted by Crippen LogP contribution is 2.16. The minimum Gasteiger partial charge on any atom is -0.365 e. The van der Waals surface area contributed by atoms with Gasteiger partial charge in [0, 0.05) is 9.75 Å². The molecule has 0 aliphatic rings. The molecule has 0 aromatic carbocycles. The molecule has 0 amide bonds. The summed E-state index contributed by atoms with van der Waals surface area (Å²) in [5.74, 6) is 0.741. The number of nitrogens with one attached hydrogen (secondary N) is 1. The van der Waals surface area contributed by atoms with Crippen LogP contribution in [0.5, 0.6) is 0 Å². The van der Waals surface area contributed by atoms with E-state index in [1.54, 1.807) is 17.4 Å². The maximum atomic E-state index is 8.71. The highest BCUT2D eigenvalue weighted by Gasteiger charge is 1.98. The lowest BCUT2D eigenvalue weighted by atomic mass is 10.3. The van der Waals surface area contributed by atoms with Crippen LogP contribution in [0.15, 0.2) is 30.3 Å². The molecule has 2 aromatic heterocycles. The van der Waals surface area contributed by atoms with Crippen molar-refractivity contribution in [2.45, 2.75) is 13.5 Å². The summed E-state index contributed by atoms with van der Waals surface area (Å²) in [6.45, 7) is 2.84. The number of rotatable bonds is 3. The molecule has 0 spiro atoms. The van der Waals surface area contributed by atoms with Crippen LogP contribution >= 0.6 is 11.3 Å². The third-order valence-electron chi connectivity index (χ3n) is 2.10. The maximum absolute atomic E-state index is 8.71. The van der Waals surface area contributed by atoms with Crippen LogP contribution in [-0.4, -0.2) is 4.98 Å². The smallest absolute Gasteiger partial charge is 0.142 e. The fourth-order valence-electron chi connectivity index (χ4n) is 1.35. The van der Waals surface area contributed by atoms with Gasteiger partial charge in [-0.05, 0) is 31.2 Å².